The number of piperidine rings is 1. The molecule has 30 heavy (non-hydrogen) atoms. The minimum Gasteiger partial charge on any atom is -0.481 e. The number of carboxylic acids is 1. The van der Waals surface area contributed by atoms with Crippen molar-refractivity contribution in [2.24, 2.45) is 5.92 Å². The van der Waals surface area contributed by atoms with E-state index < -0.39 is 16.0 Å². The van der Waals surface area contributed by atoms with Gasteiger partial charge in [-0.1, -0.05) is 12.5 Å². The van der Waals surface area contributed by atoms with Crippen molar-refractivity contribution in [3.63, 3.8) is 0 Å². The molecule has 1 heterocycles. The Balaban J connectivity index is 1.46. The van der Waals surface area contributed by atoms with Crippen LogP contribution in [0.25, 0.3) is 0 Å². The number of hydrogen-bond donors (Lipinski definition) is 2. The number of benzene rings is 1. The number of sulfonamides is 1. The summed E-state index contributed by atoms with van der Waals surface area (Å²) >= 11 is 0. The van der Waals surface area contributed by atoms with Gasteiger partial charge in [-0.25, -0.2) is 8.42 Å². The van der Waals surface area contributed by atoms with E-state index in [1.54, 1.807) is 6.07 Å². The van der Waals surface area contributed by atoms with E-state index in [-0.39, 0.29) is 18.2 Å². The number of carbonyl (C=O) groups excluding carboxylic acids is 1. The fourth-order valence-electron chi connectivity index (χ4n) is 4.31. The van der Waals surface area contributed by atoms with E-state index in [9.17, 15) is 18.0 Å². The maximum atomic E-state index is 13.1. The molecule has 3 rings (SSSR count). The summed E-state index contributed by atoms with van der Waals surface area (Å²) in [6.45, 7) is 1.25. The van der Waals surface area contributed by atoms with Crippen LogP contribution in [-0.4, -0.2) is 49.3 Å². The van der Waals surface area contributed by atoms with Crippen molar-refractivity contribution < 1.29 is 23.1 Å². The van der Waals surface area contributed by atoms with Crippen LogP contribution in [0, 0.1) is 5.92 Å². The van der Waals surface area contributed by atoms with Crippen LogP contribution >= 0.6 is 0 Å². The quantitative estimate of drug-likeness (QED) is 0.579. The number of amides is 1. The van der Waals surface area contributed by atoms with Crippen molar-refractivity contribution in [1.29, 1.82) is 0 Å². The molecule has 1 aliphatic heterocycles. The summed E-state index contributed by atoms with van der Waals surface area (Å²) in [5, 5.41) is 11.5. The largest absolute Gasteiger partial charge is 0.481 e. The van der Waals surface area contributed by atoms with Gasteiger partial charge >= 0.3 is 5.97 Å². The second-order valence-electron chi connectivity index (χ2n) is 8.31. The Labute approximate surface area is 178 Å². The van der Waals surface area contributed by atoms with Gasteiger partial charge in [-0.2, -0.15) is 4.31 Å². The number of aryl methyl sites for hydroxylation is 2. The standard InChI is InChI=1S/C22H32N2O5S/c25-21(26)8-2-1-5-13-23-22(27)18-11-14-24(15-12-18)30(28,29)20-10-9-17-6-3-4-7-19(17)16-20/h9-10,16,18H,1-8,11-15H2,(H,23,27)(H,25,26). The first-order valence-corrected chi connectivity index (χ1v) is 12.4. The molecule has 0 saturated carbocycles. The van der Waals surface area contributed by atoms with Crippen LogP contribution in [0.2, 0.25) is 0 Å². The Hall–Kier alpha value is -1.93. The average Bonchev–Trinajstić information content (AvgIpc) is 2.75. The zero-order valence-electron chi connectivity index (χ0n) is 17.4. The van der Waals surface area contributed by atoms with Crippen LogP contribution in [0.5, 0.6) is 0 Å². The Kier molecular flexibility index (Phi) is 7.88. The number of carbonyl (C=O) groups is 2. The molecular formula is C22H32N2O5S. The summed E-state index contributed by atoms with van der Waals surface area (Å²) in [5.41, 5.74) is 2.42. The van der Waals surface area contributed by atoms with Gasteiger partial charge in [0.2, 0.25) is 15.9 Å². The zero-order valence-corrected chi connectivity index (χ0v) is 18.3. The molecule has 1 amide bonds. The minimum atomic E-state index is -3.53. The fraction of sp³-hybridized carbons (Fsp3) is 0.636. The molecule has 1 saturated heterocycles. The third-order valence-electron chi connectivity index (χ3n) is 6.15. The summed E-state index contributed by atoms with van der Waals surface area (Å²) in [6, 6.07) is 5.52. The number of nitrogens with zero attached hydrogens (tertiary/aromatic N) is 1. The van der Waals surface area contributed by atoms with E-state index >= 15 is 0 Å². The van der Waals surface area contributed by atoms with Crippen molar-refractivity contribution >= 4 is 21.9 Å². The third-order valence-corrected chi connectivity index (χ3v) is 8.04. The number of unbranched alkanes of at least 4 members (excludes halogenated alkanes) is 2. The topological polar surface area (TPSA) is 104 Å². The highest BCUT2D eigenvalue weighted by molar-refractivity contribution is 7.89. The van der Waals surface area contributed by atoms with Crippen molar-refractivity contribution in [1.82, 2.24) is 9.62 Å². The van der Waals surface area contributed by atoms with Gasteiger partial charge in [0.05, 0.1) is 4.90 Å². The van der Waals surface area contributed by atoms with E-state index in [4.69, 9.17) is 5.11 Å². The molecule has 8 heteroatoms. The second kappa shape index (κ2) is 10.4. The monoisotopic (exact) mass is 436 g/mol. The van der Waals surface area contributed by atoms with Crippen LogP contribution in [0.3, 0.4) is 0 Å². The first-order valence-electron chi connectivity index (χ1n) is 11.0. The van der Waals surface area contributed by atoms with Gasteiger partial charge in [0, 0.05) is 32.0 Å². The van der Waals surface area contributed by atoms with Crippen LogP contribution in [-0.2, 0) is 32.5 Å². The number of aliphatic carboxylic acids is 1. The van der Waals surface area contributed by atoms with E-state index in [2.05, 4.69) is 5.32 Å². The summed E-state index contributed by atoms with van der Waals surface area (Å²) in [6.07, 6.45) is 7.58. The lowest BCUT2D eigenvalue weighted by molar-refractivity contribution is -0.137. The molecule has 0 unspecified atom stereocenters. The number of rotatable bonds is 9. The molecule has 1 fully saturated rings. The summed E-state index contributed by atoms with van der Waals surface area (Å²) in [5.74, 6) is -0.991. The summed E-state index contributed by atoms with van der Waals surface area (Å²) < 4.78 is 27.6. The maximum absolute atomic E-state index is 13.1. The molecule has 1 aromatic rings. The van der Waals surface area contributed by atoms with Crippen LogP contribution in [0.15, 0.2) is 23.1 Å². The van der Waals surface area contributed by atoms with Crippen LogP contribution in [0.4, 0.5) is 0 Å². The molecule has 7 nitrogen and oxygen atoms in total. The van der Waals surface area contributed by atoms with Gasteiger partial charge in [-0.15, -0.1) is 0 Å². The van der Waals surface area contributed by atoms with E-state index in [0.717, 1.165) is 44.1 Å². The first kappa shape index (κ1) is 22.7. The van der Waals surface area contributed by atoms with Crippen LogP contribution < -0.4 is 5.32 Å². The van der Waals surface area contributed by atoms with Crippen LogP contribution in [0.1, 0.15) is 62.5 Å². The highest BCUT2D eigenvalue weighted by Crippen LogP contribution is 2.28. The summed E-state index contributed by atoms with van der Waals surface area (Å²) in [7, 11) is -3.53. The van der Waals surface area contributed by atoms with Crippen molar-refractivity contribution in [2.45, 2.75) is 69.1 Å². The zero-order chi connectivity index (χ0) is 21.6. The predicted octanol–water partition coefficient (Wildman–Crippen LogP) is 2.73. The van der Waals surface area contributed by atoms with E-state index in [0.29, 0.717) is 43.8 Å². The highest BCUT2D eigenvalue weighted by atomic mass is 32.2. The van der Waals surface area contributed by atoms with E-state index in [1.807, 2.05) is 12.1 Å². The molecule has 2 aliphatic rings. The second-order valence-corrected chi connectivity index (χ2v) is 10.2. The lowest BCUT2D eigenvalue weighted by atomic mass is 9.92. The van der Waals surface area contributed by atoms with Crippen molar-refractivity contribution in [3.8, 4) is 0 Å². The van der Waals surface area contributed by atoms with Crippen molar-refractivity contribution in [3.05, 3.63) is 29.3 Å². The molecule has 1 aromatic carbocycles. The number of fused-ring (bicyclic) bond motifs is 1. The number of nitrogens with one attached hydrogen (secondary N) is 1. The molecule has 0 bridgehead atoms. The van der Waals surface area contributed by atoms with Gasteiger partial charge < -0.3 is 10.4 Å². The normalized spacial score (nSPS) is 18.0. The Bertz CT molecular complexity index is 860. The predicted molar refractivity (Wildman–Crippen MR) is 114 cm³/mol. The smallest absolute Gasteiger partial charge is 0.303 e. The summed E-state index contributed by atoms with van der Waals surface area (Å²) in [4.78, 5) is 23.2. The Morgan fingerprint density at radius 1 is 1.03 bits per heavy atom. The Morgan fingerprint density at radius 3 is 2.43 bits per heavy atom. The Morgan fingerprint density at radius 2 is 1.73 bits per heavy atom. The molecule has 2 N–H and O–H groups in total. The molecular weight excluding hydrogens is 404 g/mol. The first-order chi connectivity index (χ1) is 14.4. The van der Waals surface area contributed by atoms with Gasteiger partial charge in [0.25, 0.3) is 0 Å². The van der Waals surface area contributed by atoms with Gasteiger partial charge in [0.1, 0.15) is 0 Å². The molecule has 0 atom stereocenters. The molecule has 0 aromatic heterocycles. The average molecular weight is 437 g/mol. The van der Waals surface area contributed by atoms with Gasteiger partial charge in [0.15, 0.2) is 0 Å². The minimum absolute atomic E-state index is 0.0286. The SMILES string of the molecule is O=C(O)CCCCCNC(=O)C1CCN(S(=O)(=O)c2ccc3c(c2)CCCC3)CC1. The van der Waals surface area contributed by atoms with Gasteiger partial charge in [-0.3, -0.25) is 9.59 Å². The molecule has 0 spiro atoms. The molecule has 166 valence electrons. The lowest BCUT2D eigenvalue weighted by Crippen LogP contribution is -2.43. The van der Waals surface area contributed by atoms with Crippen molar-refractivity contribution in [2.75, 3.05) is 19.6 Å². The fourth-order valence-corrected chi connectivity index (χ4v) is 5.83. The lowest BCUT2D eigenvalue weighted by Gasteiger charge is -2.31. The van der Waals surface area contributed by atoms with E-state index in [1.165, 1.54) is 9.87 Å². The molecule has 1 aliphatic carbocycles. The number of hydrogen-bond acceptors (Lipinski definition) is 4. The van der Waals surface area contributed by atoms with Gasteiger partial charge in [-0.05, 0) is 74.6 Å². The third kappa shape index (κ3) is 5.82. The maximum Gasteiger partial charge on any atom is 0.303 e. The highest BCUT2D eigenvalue weighted by Gasteiger charge is 2.32. The molecule has 0 radical (unpaired) electrons. The number of carboxylic acid groups (broad SMARTS) is 1.